The Morgan fingerprint density at radius 1 is 0.818 bits per heavy atom. The first kappa shape index (κ1) is 14.3. The molecule has 0 aliphatic rings. The van der Waals surface area contributed by atoms with Crippen LogP contribution in [0.25, 0.3) is 0 Å². The molecule has 0 amide bonds. The third kappa shape index (κ3) is 3.70. The fourth-order valence-corrected chi connectivity index (χ4v) is 2.25. The van der Waals surface area contributed by atoms with Crippen molar-refractivity contribution < 1.29 is 4.39 Å². The van der Waals surface area contributed by atoms with E-state index >= 15 is 0 Å². The van der Waals surface area contributed by atoms with E-state index in [-0.39, 0.29) is 5.82 Å². The highest BCUT2D eigenvalue weighted by molar-refractivity contribution is 5.18. The summed E-state index contributed by atoms with van der Waals surface area (Å²) in [5.41, 5.74) is 1.87. The molecule has 0 bridgehead atoms. The van der Waals surface area contributed by atoms with Gasteiger partial charge in [0.1, 0.15) is 5.82 Å². The van der Waals surface area contributed by atoms with Gasteiger partial charge in [-0.1, -0.05) is 48.5 Å². The SMILES string of the molecule is Fc1ccccc1Cn1ccc(=NCc2ccccc2)cc1. The number of rotatable bonds is 4. The van der Waals surface area contributed by atoms with Crippen LogP contribution < -0.4 is 5.36 Å². The molecular weight excluding hydrogens is 275 g/mol. The second kappa shape index (κ2) is 6.85. The van der Waals surface area contributed by atoms with Gasteiger partial charge in [-0.3, -0.25) is 4.99 Å². The summed E-state index contributed by atoms with van der Waals surface area (Å²) in [5, 5.41) is 0.925. The highest BCUT2D eigenvalue weighted by atomic mass is 19.1. The summed E-state index contributed by atoms with van der Waals surface area (Å²) in [7, 11) is 0. The molecule has 0 radical (unpaired) electrons. The van der Waals surface area contributed by atoms with Crippen molar-refractivity contribution in [2.24, 2.45) is 4.99 Å². The number of aromatic nitrogens is 1. The number of halogens is 1. The van der Waals surface area contributed by atoms with Crippen molar-refractivity contribution in [3.63, 3.8) is 0 Å². The molecule has 22 heavy (non-hydrogen) atoms. The van der Waals surface area contributed by atoms with Gasteiger partial charge in [0.05, 0.1) is 11.9 Å². The summed E-state index contributed by atoms with van der Waals surface area (Å²) in [5.74, 6) is -0.173. The van der Waals surface area contributed by atoms with E-state index in [1.54, 1.807) is 12.1 Å². The largest absolute Gasteiger partial charge is 0.350 e. The fraction of sp³-hybridized carbons (Fsp3) is 0.105. The second-order valence-electron chi connectivity index (χ2n) is 5.12. The summed E-state index contributed by atoms with van der Waals surface area (Å²) in [6.07, 6.45) is 3.85. The van der Waals surface area contributed by atoms with Crippen molar-refractivity contribution in [2.75, 3.05) is 0 Å². The van der Waals surface area contributed by atoms with Crippen molar-refractivity contribution >= 4 is 0 Å². The quantitative estimate of drug-likeness (QED) is 0.696. The Morgan fingerprint density at radius 3 is 2.23 bits per heavy atom. The van der Waals surface area contributed by atoms with Gasteiger partial charge in [0.15, 0.2) is 0 Å². The van der Waals surface area contributed by atoms with Gasteiger partial charge in [-0.2, -0.15) is 0 Å². The molecule has 1 aromatic heterocycles. The molecule has 0 saturated heterocycles. The van der Waals surface area contributed by atoms with Crippen molar-refractivity contribution in [3.05, 3.63) is 101 Å². The summed E-state index contributed by atoms with van der Waals surface area (Å²) in [6, 6.07) is 20.9. The van der Waals surface area contributed by atoms with Crippen LogP contribution in [0.1, 0.15) is 11.1 Å². The Kier molecular flexibility index (Phi) is 4.44. The third-order valence-corrected chi connectivity index (χ3v) is 3.47. The monoisotopic (exact) mass is 292 g/mol. The van der Waals surface area contributed by atoms with Crippen LogP contribution in [0.5, 0.6) is 0 Å². The normalized spacial score (nSPS) is 10.4. The Bertz CT molecular complexity index is 786. The zero-order chi connectivity index (χ0) is 15.2. The van der Waals surface area contributed by atoms with Gasteiger partial charge in [0.25, 0.3) is 0 Å². The number of nitrogens with zero attached hydrogens (tertiary/aromatic N) is 2. The van der Waals surface area contributed by atoms with Gasteiger partial charge in [0.2, 0.25) is 0 Å². The Morgan fingerprint density at radius 2 is 1.50 bits per heavy atom. The maximum Gasteiger partial charge on any atom is 0.128 e. The lowest BCUT2D eigenvalue weighted by atomic mass is 10.2. The number of pyridine rings is 1. The predicted octanol–water partition coefficient (Wildman–Crippen LogP) is 3.78. The van der Waals surface area contributed by atoms with Gasteiger partial charge < -0.3 is 4.57 Å². The first-order chi connectivity index (χ1) is 10.8. The Labute approximate surface area is 129 Å². The average molecular weight is 292 g/mol. The van der Waals surface area contributed by atoms with Crippen LogP contribution in [-0.2, 0) is 13.1 Å². The minimum Gasteiger partial charge on any atom is -0.350 e. The maximum absolute atomic E-state index is 13.6. The van der Waals surface area contributed by atoms with E-state index in [9.17, 15) is 4.39 Å². The van der Waals surface area contributed by atoms with Crippen molar-refractivity contribution in [3.8, 4) is 0 Å². The van der Waals surface area contributed by atoms with E-state index in [0.717, 1.165) is 5.36 Å². The molecule has 3 rings (SSSR count). The van der Waals surface area contributed by atoms with Gasteiger partial charge in [0, 0.05) is 24.5 Å². The van der Waals surface area contributed by atoms with Crippen LogP contribution >= 0.6 is 0 Å². The molecule has 0 saturated carbocycles. The van der Waals surface area contributed by atoms with E-state index in [1.807, 2.05) is 53.4 Å². The Hall–Kier alpha value is -2.68. The molecule has 110 valence electrons. The minimum absolute atomic E-state index is 0.173. The summed E-state index contributed by atoms with van der Waals surface area (Å²) in [4.78, 5) is 4.55. The van der Waals surface area contributed by atoms with Gasteiger partial charge in [-0.05, 0) is 23.8 Å². The minimum atomic E-state index is -0.173. The van der Waals surface area contributed by atoms with E-state index in [4.69, 9.17) is 0 Å². The lowest BCUT2D eigenvalue weighted by Crippen LogP contribution is -2.07. The van der Waals surface area contributed by atoms with Crippen LogP contribution in [0.4, 0.5) is 4.39 Å². The van der Waals surface area contributed by atoms with Crippen molar-refractivity contribution in [1.82, 2.24) is 4.57 Å². The molecule has 0 unspecified atom stereocenters. The highest BCUT2D eigenvalue weighted by Gasteiger charge is 2.00. The summed E-state index contributed by atoms with van der Waals surface area (Å²) < 4.78 is 15.6. The summed E-state index contributed by atoms with van der Waals surface area (Å²) >= 11 is 0. The molecule has 0 aliphatic carbocycles. The summed E-state index contributed by atoms with van der Waals surface area (Å²) in [6.45, 7) is 1.18. The highest BCUT2D eigenvalue weighted by Crippen LogP contribution is 2.07. The lowest BCUT2D eigenvalue weighted by molar-refractivity contribution is 0.599. The standard InChI is InChI=1S/C19H17FN2/c20-19-9-5-4-8-17(19)15-22-12-10-18(11-13-22)21-14-16-6-2-1-3-7-16/h1-13H,14-15H2. The lowest BCUT2D eigenvalue weighted by Gasteiger charge is -2.07. The van der Waals surface area contributed by atoms with Gasteiger partial charge in [-0.25, -0.2) is 4.39 Å². The third-order valence-electron chi connectivity index (χ3n) is 3.47. The molecule has 2 aromatic carbocycles. The number of benzene rings is 2. The van der Waals surface area contributed by atoms with Crippen LogP contribution in [0.2, 0.25) is 0 Å². The molecular formula is C19H17FN2. The smallest absolute Gasteiger partial charge is 0.128 e. The molecule has 3 heteroatoms. The first-order valence-corrected chi connectivity index (χ1v) is 7.25. The van der Waals surface area contributed by atoms with Gasteiger partial charge >= 0.3 is 0 Å². The van der Waals surface area contributed by atoms with Crippen LogP contribution in [0.15, 0.2) is 84.1 Å². The second-order valence-corrected chi connectivity index (χ2v) is 5.12. The first-order valence-electron chi connectivity index (χ1n) is 7.25. The molecule has 0 atom stereocenters. The van der Waals surface area contributed by atoms with Crippen LogP contribution in [0.3, 0.4) is 0 Å². The van der Waals surface area contributed by atoms with Gasteiger partial charge in [-0.15, -0.1) is 0 Å². The van der Waals surface area contributed by atoms with Crippen molar-refractivity contribution in [1.29, 1.82) is 0 Å². The zero-order valence-electron chi connectivity index (χ0n) is 12.2. The topological polar surface area (TPSA) is 17.3 Å². The van der Waals surface area contributed by atoms with E-state index in [1.165, 1.54) is 11.6 Å². The van der Waals surface area contributed by atoms with Crippen LogP contribution in [0, 0.1) is 5.82 Å². The molecule has 3 aromatic rings. The molecule has 2 nitrogen and oxygen atoms in total. The van der Waals surface area contributed by atoms with E-state index < -0.39 is 0 Å². The Balaban J connectivity index is 1.71. The zero-order valence-corrected chi connectivity index (χ0v) is 12.2. The predicted molar refractivity (Wildman–Crippen MR) is 85.6 cm³/mol. The molecule has 0 N–H and O–H groups in total. The van der Waals surface area contributed by atoms with E-state index in [0.29, 0.717) is 18.7 Å². The average Bonchev–Trinajstić information content (AvgIpc) is 2.57. The van der Waals surface area contributed by atoms with Crippen LogP contribution in [-0.4, -0.2) is 4.57 Å². The number of hydrogen-bond acceptors (Lipinski definition) is 1. The molecule has 0 spiro atoms. The number of hydrogen-bond donors (Lipinski definition) is 0. The van der Waals surface area contributed by atoms with E-state index in [2.05, 4.69) is 17.1 Å². The maximum atomic E-state index is 13.6. The van der Waals surface area contributed by atoms with Crippen molar-refractivity contribution in [2.45, 2.75) is 13.1 Å². The molecule has 0 aliphatic heterocycles. The molecule has 0 fully saturated rings. The fourth-order valence-electron chi connectivity index (χ4n) is 2.25. The molecule has 1 heterocycles.